The van der Waals surface area contributed by atoms with Gasteiger partial charge in [0.15, 0.2) is 0 Å². The molecule has 0 aromatic heterocycles. The molecular weight excluding hydrogens is 322 g/mol. The number of amides is 2. The first kappa shape index (κ1) is 16.8. The summed E-state index contributed by atoms with van der Waals surface area (Å²) < 4.78 is 0. The molecule has 3 heteroatoms. The van der Waals surface area contributed by atoms with Gasteiger partial charge in [-0.2, -0.15) is 0 Å². The topological polar surface area (TPSA) is 37.4 Å². The van der Waals surface area contributed by atoms with E-state index in [4.69, 9.17) is 0 Å². The third-order valence-electron chi connectivity index (χ3n) is 5.81. The normalized spacial score (nSPS) is 18.6. The minimum absolute atomic E-state index is 0.160. The van der Waals surface area contributed by atoms with Crippen LogP contribution in [0.2, 0.25) is 0 Å². The molecule has 2 aliphatic rings. The Morgan fingerprint density at radius 2 is 1.58 bits per heavy atom. The van der Waals surface area contributed by atoms with Gasteiger partial charge in [-0.05, 0) is 55.5 Å². The number of carbonyl (C=O) groups excluding carboxylic acids is 2. The molecule has 3 nitrogen and oxygen atoms in total. The van der Waals surface area contributed by atoms with Gasteiger partial charge in [-0.3, -0.25) is 14.5 Å². The van der Waals surface area contributed by atoms with Crippen LogP contribution in [0.5, 0.6) is 0 Å². The summed E-state index contributed by atoms with van der Waals surface area (Å²) in [6.07, 6.45) is 1.68. The second-order valence-corrected chi connectivity index (χ2v) is 7.39. The summed E-state index contributed by atoms with van der Waals surface area (Å²) in [5, 5.41) is 0. The third-order valence-corrected chi connectivity index (χ3v) is 5.81. The maximum atomic E-state index is 12.5. The average Bonchev–Trinajstić information content (AvgIpc) is 3.02. The van der Waals surface area contributed by atoms with Crippen LogP contribution in [0.15, 0.2) is 48.0 Å². The number of hydrogen-bond acceptors (Lipinski definition) is 2. The van der Waals surface area contributed by atoms with Crippen LogP contribution in [0.1, 0.15) is 70.0 Å². The quantitative estimate of drug-likeness (QED) is 0.734. The van der Waals surface area contributed by atoms with Crippen LogP contribution in [0.3, 0.4) is 0 Å². The van der Waals surface area contributed by atoms with E-state index >= 15 is 0 Å². The maximum absolute atomic E-state index is 12.5. The van der Waals surface area contributed by atoms with Crippen molar-refractivity contribution in [2.75, 3.05) is 6.54 Å². The summed E-state index contributed by atoms with van der Waals surface area (Å²) in [4.78, 5) is 26.4. The lowest BCUT2D eigenvalue weighted by atomic mass is 9.97. The fourth-order valence-electron chi connectivity index (χ4n) is 4.20. The zero-order chi connectivity index (χ0) is 18.4. The molecule has 26 heavy (non-hydrogen) atoms. The van der Waals surface area contributed by atoms with Crippen LogP contribution < -0.4 is 0 Å². The van der Waals surface area contributed by atoms with Crippen LogP contribution >= 0.6 is 0 Å². The number of allylic oxidation sites excluding steroid dienone is 2. The summed E-state index contributed by atoms with van der Waals surface area (Å²) in [5.74, 6) is 0.125. The molecule has 1 atom stereocenters. The van der Waals surface area contributed by atoms with Crippen LogP contribution in [0.4, 0.5) is 0 Å². The highest BCUT2D eigenvalue weighted by molar-refractivity contribution is 6.21. The van der Waals surface area contributed by atoms with E-state index in [-0.39, 0.29) is 11.8 Å². The van der Waals surface area contributed by atoms with Gasteiger partial charge in [0.1, 0.15) is 0 Å². The third kappa shape index (κ3) is 2.50. The van der Waals surface area contributed by atoms with Crippen molar-refractivity contribution < 1.29 is 9.59 Å². The summed E-state index contributed by atoms with van der Waals surface area (Å²) in [5.41, 5.74) is 7.86. The van der Waals surface area contributed by atoms with Crippen molar-refractivity contribution in [3.63, 3.8) is 0 Å². The monoisotopic (exact) mass is 345 g/mol. The number of fused-ring (bicyclic) bond motifs is 2. The molecule has 1 aliphatic heterocycles. The second-order valence-electron chi connectivity index (χ2n) is 7.39. The molecule has 0 spiro atoms. The Hall–Kier alpha value is -2.68. The molecule has 0 saturated carbocycles. The van der Waals surface area contributed by atoms with Crippen molar-refractivity contribution >= 4 is 17.4 Å². The zero-order valence-electron chi connectivity index (χ0n) is 15.5. The van der Waals surface area contributed by atoms with Gasteiger partial charge in [0.05, 0.1) is 11.1 Å². The first-order valence-electron chi connectivity index (χ1n) is 9.25. The summed E-state index contributed by atoms with van der Waals surface area (Å²) >= 11 is 0. The first-order valence-corrected chi connectivity index (χ1v) is 9.25. The largest absolute Gasteiger partial charge is 0.274 e. The molecule has 2 aromatic rings. The summed E-state index contributed by atoms with van der Waals surface area (Å²) in [6.45, 7) is 7.05. The van der Waals surface area contributed by atoms with E-state index < -0.39 is 0 Å². The predicted octanol–water partition coefficient (Wildman–Crippen LogP) is 4.96. The van der Waals surface area contributed by atoms with E-state index in [1.165, 1.54) is 32.7 Å². The zero-order valence-corrected chi connectivity index (χ0v) is 15.5. The maximum Gasteiger partial charge on any atom is 0.261 e. The van der Waals surface area contributed by atoms with Crippen molar-refractivity contribution in [1.82, 2.24) is 4.90 Å². The lowest BCUT2D eigenvalue weighted by Crippen LogP contribution is -2.30. The van der Waals surface area contributed by atoms with Crippen LogP contribution in [-0.2, 0) is 0 Å². The van der Waals surface area contributed by atoms with Crippen molar-refractivity contribution in [3.8, 4) is 0 Å². The molecular formula is C23H23NO2. The SMILES string of the molecule is CC1=C(CCCN2C(=O)c3ccccc3C2=O)c2cc(C)ccc2C1C. The van der Waals surface area contributed by atoms with Gasteiger partial charge in [0, 0.05) is 12.5 Å². The fourth-order valence-corrected chi connectivity index (χ4v) is 4.20. The molecule has 0 saturated heterocycles. The van der Waals surface area contributed by atoms with Crippen molar-refractivity contribution in [2.45, 2.75) is 39.5 Å². The van der Waals surface area contributed by atoms with Gasteiger partial charge in [0.2, 0.25) is 0 Å². The molecule has 4 rings (SSSR count). The summed E-state index contributed by atoms with van der Waals surface area (Å²) in [7, 11) is 0. The van der Waals surface area contributed by atoms with E-state index in [1.54, 1.807) is 24.3 Å². The van der Waals surface area contributed by atoms with Crippen molar-refractivity contribution in [2.24, 2.45) is 0 Å². The van der Waals surface area contributed by atoms with E-state index in [1.807, 2.05) is 0 Å². The molecule has 2 aromatic carbocycles. The van der Waals surface area contributed by atoms with Gasteiger partial charge in [-0.25, -0.2) is 0 Å². The van der Waals surface area contributed by atoms with Crippen LogP contribution in [0, 0.1) is 6.92 Å². The number of nitrogens with zero attached hydrogens (tertiary/aromatic N) is 1. The van der Waals surface area contributed by atoms with E-state index in [2.05, 4.69) is 39.0 Å². The van der Waals surface area contributed by atoms with Gasteiger partial charge < -0.3 is 0 Å². The second kappa shape index (κ2) is 6.24. The highest BCUT2D eigenvalue weighted by atomic mass is 16.2. The van der Waals surface area contributed by atoms with E-state index in [0.717, 1.165) is 12.8 Å². The molecule has 132 valence electrons. The first-order chi connectivity index (χ1) is 12.5. The molecule has 1 aliphatic carbocycles. The average molecular weight is 345 g/mol. The highest BCUT2D eigenvalue weighted by Crippen LogP contribution is 2.43. The molecule has 0 bridgehead atoms. The number of hydrogen-bond donors (Lipinski definition) is 0. The molecule has 2 amide bonds. The van der Waals surface area contributed by atoms with Gasteiger partial charge in [-0.15, -0.1) is 0 Å². The molecule has 1 unspecified atom stereocenters. The highest BCUT2D eigenvalue weighted by Gasteiger charge is 2.34. The Morgan fingerprint density at radius 1 is 0.923 bits per heavy atom. The minimum atomic E-state index is -0.160. The fraction of sp³-hybridized carbons (Fsp3) is 0.304. The lowest BCUT2D eigenvalue weighted by Gasteiger charge is -2.14. The van der Waals surface area contributed by atoms with Gasteiger partial charge >= 0.3 is 0 Å². The molecule has 1 heterocycles. The van der Waals surface area contributed by atoms with E-state index in [0.29, 0.717) is 23.6 Å². The number of imide groups is 1. The van der Waals surface area contributed by atoms with Crippen molar-refractivity contribution in [3.05, 3.63) is 75.9 Å². The predicted molar refractivity (Wildman–Crippen MR) is 103 cm³/mol. The lowest BCUT2D eigenvalue weighted by molar-refractivity contribution is 0.0653. The van der Waals surface area contributed by atoms with Crippen molar-refractivity contribution in [1.29, 1.82) is 0 Å². The Morgan fingerprint density at radius 3 is 2.23 bits per heavy atom. The smallest absolute Gasteiger partial charge is 0.261 e. The Balaban J connectivity index is 1.49. The number of aryl methyl sites for hydroxylation is 1. The summed E-state index contributed by atoms with van der Waals surface area (Å²) in [6, 6.07) is 13.8. The van der Waals surface area contributed by atoms with E-state index in [9.17, 15) is 9.59 Å². The molecule has 0 fully saturated rings. The molecule has 0 N–H and O–H groups in total. The van der Waals surface area contributed by atoms with Crippen LogP contribution in [0.25, 0.3) is 5.57 Å². The molecule has 0 radical (unpaired) electrons. The number of benzene rings is 2. The Labute approximate surface area is 154 Å². The Bertz CT molecular complexity index is 919. The number of rotatable bonds is 4. The van der Waals surface area contributed by atoms with Gasteiger partial charge in [0.25, 0.3) is 11.8 Å². The van der Waals surface area contributed by atoms with Gasteiger partial charge in [-0.1, -0.05) is 48.4 Å². The van der Waals surface area contributed by atoms with Crippen LogP contribution in [-0.4, -0.2) is 23.3 Å². The number of carbonyl (C=O) groups is 2. The minimum Gasteiger partial charge on any atom is -0.274 e. The Kier molecular flexibility index (Phi) is 4.03. The standard InChI is InChI=1S/C23H23NO2/c1-14-10-11-18-16(3)15(2)17(21(18)13-14)9-6-12-24-22(25)19-7-4-5-8-20(19)23(24)26/h4-5,7-8,10-11,13,16H,6,9,12H2,1-3H3.